The molecule has 0 aliphatic rings. The number of nitrogens with one attached hydrogen (secondary N) is 2. The predicted molar refractivity (Wildman–Crippen MR) is 89.3 cm³/mol. The second-order valence-electron chi connectivity index (χ2n) is 4.89. The number of hydrogen-bond donors (Lipinski definition) is 2. The lowest BCUT2D eigenvalue weighted by atomic mass is 10.2. The van der Waals surface area contributed by atoms with Crippen LogP contribution in [-0.2, 0) is 10.0 Å². The molecule has 9 heteroatoms. The van der Waals surface area contributed by atoms with Gasteiger partial charge in [-0.25, -0.2) is 4.83 Å². The molecule has 3 rings (SSSR count). The Bertz CT molecular complexity index is 1020. The van der Waals surface area contributed by atoms with Gasteiger partial charge in [-0.1, -0.05) is 18.2 Å². The first-order chi connectivity index (χ1) is 11.5. The third kappa shape index (κ3) is 3.10. The SMILES string of the molecule is O=[N+]([O-])c1ccc(S(=O)(=O)N/N=C/c2c[nH]c3ccccc23)cc1. The lowest BCUT2D eigenvalue weighted by molar-refractivity contribution is -0.384. The zero-order valence-electron chi connectivity index (χ0n) is 12.2. The minimum absolute atomic E-state index is 0.107. The van der Waals surface area contributed by atoms with Gasteiger partial charge in [0.2, 0.25) is 0 Å². The summed E-state index contributed by atoms with van der Waals surface area (Å²) in [5, 5.41) is 15.3. The first kappa shape index (κ1) is 15.7. The molecule has 0 aliphatic heterocycles. The summed E-state index contributed by atoms with van der Waals surface area (Å²) in [5.74, 6) is 0. The molecule has 0 radical (unpaired) electrons. The molecule has 2 aromatic carbocycles. The van der Waals surface area contributed by atoms with Gasteiger partial charge in [-0.15, -0.1) is 0 Å². The van der Waals surface area contributed by atoms with Gasteiger partial charge in [0.25, 0.3) is 15.7 Å². The van der Waals surface area contributed by atoms with Gasteiger partial charge in [-0.2, -0.15) is 13.5 Å². The minimum atomic E-state index is -3.89. The predicted octanol–water partition coefficient (Wildman–Crippen LogP) is 2.39. The van der Waals surface area contributed by atoms with E-state index in [0.29, 0.717) is 0 Å². The second-order valence-corrected chi connectivity index (χ2v) is 6.55. The van der Waals surface area contributed by atoms with Gasteiger partial charge in [0.15, 0.2) is 0 Å². The van der Waals surface area contributed by atoms with E-state index in [1.54, 1.807) is 6.20 Å². The molecule has 0 fully saturated rings. The van der Waals surface area contributed by atoms with Crippen LogP contribution in [0.5, 0.6) is 0 Å². The summed E-state index contributed by atoms with van der Waals surface area (Å²) >= 11 is 0. The van der Waals surface area contributed by atoms with E-state index in [9.17, 15) is 18.5 Å². The van der Waals surface area contributed by atoms with Crippen molar-refractivity contribution in [3.8, 4) is 0 Å². The Morgan fingerprint density at radius 3 is 2.54 bits per heavy atom. The standard InChI is InChI=1S/C15H12N4O4S/c20-19(21)12-5-7-13(8-6-12)24(22,23)18-17-10-11-9-16-15-4-2-1-3-14(11)15/h1-10,16,18H/b17-10+. The third-order valence-corrected chi connectivity index (χ3v) is 4.59. The van der Waals surface area contributed by atoms with Crippen LogP contribution >= 0.6 is 0 Å². The first-order valence-corrected chi connectivity index (χ1v) is 8.31. The summed E-state index contributed by atoms with van der Waals surface area (Å²) in [6.45, 7) is 0. The van der Waals surface area contributed by atoms with Crippen LogP contribution in [0, 0.1) is 10.1 Å². The number of para-hydroxylation sites is 1. The number of aromatic nitrogens is 1. The van der Waals surface area contributed by atoms with E-state index in [-0.39, 0.29) is 10.6 Å². The highest BCUT2D eigenvalue weighted by Crippen LogP contribution is 2.17. The molecule has 3 aromatic rings. The van der Waals surface area contributed by atoms with Crippen molar-refractivity contribution in [3.05, 3.63) is 70.4 Å². The Morgan fingerprint density at radius 2 is 1.83 bits per heavy atom. The van der Waals surface area contributed by atoms with E-state index in [4.69, 9.17) is 0 Å². The fourth-order valence-corrected chi connectivity index (χ4v) is 2.96. The van der Waals surface area contributed by atoms with Crippen LogP contribution in [-0.4, -0.2) is 24.5 Å². The molecule has 0 saturated heterocycles. The maximum Gasteiger partial charge on any atom is 0.276 e. The van der Waals surface area contributed by atoms with E-state index in [2.05, 4.69) is 14.9 Å². The summed E-state index contributed by atoms with van der Waals surface area (Å²) < 4.78 is 24.2. The second kappa shape index (κ2) is 6.13. The number of hydrogen-bond acceptors (Lipinski definition) is 5. The molecule has 8 nitrogen and oxygen atoms in total. The summed E-state index contributed by atoms with van der Waals surface area (Å²) in [6, 6.07) is 12.1. The summed E-state index contributed by atoms with van der Waals surface area (Å²) in [4.78, 5) is 15.0. The number of aromatic amines is 1. The van der Waals surface area contributed by atoms with Crippen LogP contribution in [0.4, 0.5) is 5.69 Å². The van der Waals surface area contributed by atoms with Crippen molar-refractivity contribution in [1.82, 2.24) is 9.82 Å². The average molecular weight is 344 g/mol. The molecule has 24 heavy (non-hydrogen) atoms. The fraction of sp³-hybridized carbons (Fsp3) is 0. The molecule has 122 valence electrons. The number of nitro groups is 1. The highest BCUT2D eigenvalue weighted by Gasteiger charge is 2.14. The van der Waals surface area contributed by atoms with E-state index in [1.165, 1.54) is 6.21 Å². The smallest absolute Gasteiger partial charge is 0.276 e. The zero-order valence-corrected chi connectivity index (χ0v) is 13.0. The maximum atomic E-state index is 12.1. The number of nitrogens with zero attached hydrogens (tertiary/aromatic N) is 2. The number of fused-ring (bicyclic) bond motifs is 1. The van der Waals surface area contributed by atoms with Crippen molar-refractivity contribution in [2.45, 2.75) is 4.90 Å². The van der Waals surface area contributed by atoms with Crippen molar-refractivity contribution in [2.24, 2.45) is 5.10 Å². The highest BCUT2D eigenvalue weighted by atomic mass is 32.2. The fourth-order valence-electron chi connectivity index (χ4n) is 2.17. The van der Waals surface area contributed by atoms with E-state index < -0.39 is 14.9 Å². The van der Waals surface area contributed by atoms with Crippen molar-refractivity contribution < 1.29 is 13.3 Å². The molecule has 1 heterocycles. The first-order valence-electron chi connectivity index (χ1n) is 6.83. The highest BCUT2D eigenvalue weighted by molar-refractivity contribution is 7.89. The molecular formula is C15H12N4O4S. The molecule has 0 atom stereocenters. The molecule has 2 N–H and O–H groups in total. The Morgan fingerprint density at radius 1 is 1.12 bits per heavy atom. The van der Waals surface area contributed by atoms with Crippen molar-refractivity contribution in [1.29, 1.82) is 0 Å². The molecule has 0 unspecified atom stereocenters. The van der Waals surface area contributed by atoms with Crippen molar-refractivity contribution in [3.63, 3.8) is 0 Å². The summed E-state index contributed by atoms with van der Waals surface area (Å²) in [7, 11) is -3.89. The lowest BCUT2D eigenvalue weighted by Crippen LogP contribution is -2.18. The van der Waals surface area contributed by atoms with Crippen LogP contribution in [0.2, 0.25) is 0 Å². The Balaban J connectivity index is 1.78. The van der Waals surface area contributed by atoms with Crippen LogP contribution in [0.3, 0.4) is 0 Å². The quantitative estimate of drug-likeness (QED) is 0.420. The van der Waals surface area contributed by atoms with Gasteiger partial charge in [0.1, 0.15) is 0 Å². The monoisotopic (exact) mass is 344 g/mol. The number of benzene rings is 2. The van der Waals surface area contributed by atoms with Crippen LogP contribution in [0.1, 0.15) is 5.56 Å². The van der Waals surface area contributed by atoms with Crippen molar-refractivity contribution >= 4 is 32.8 Å². The molecule has 0 amide bonds. The van der Waals surface area contributed by atoms with E-state index in [1.807, 2.05) is 24.3 Å². The summed E-state index contributed by atoms with van der Waals surface area (Å²) in [6.07, 6.45) is 3.11. The van der Waals surface area contributed by atoms with Gasteiger partial charge in [0.05, 0.1) is 16.0 Å². The van der Waals surface area contributed by atoms with E-state index in [0.717, 1.165) is 40.7 Å². The normalized spacial score (nSPS) is 11.8. The van der Waals surface area contributed by atoms with Gasteiger partial charge in [-0.3, -0.25) is 10.1 Å². The molecule has 0 bridgehead atoms. The molecule has 1 aromatic heterocycles. The van der Waals surface area contributed by atoms with Crippen LogP contribution in [0.15, 0.2) is 64.7 Å². The Hall–Kier alpha value is -3.20. The average Bonchev–Trinajstić information content (AvgIpc) is 2.98. The molecule has 0 spiro atoms. The molecule has 0 aliphatic carbocycles. The largest absolute Gasteiger partial charge is 0.361 e. The number of sulfonamides is 1. The van der Waals surface area contributed by atoms with E-state index >= 15 is 0 Å². The van der Waals surface area contributed by atoms with Crippen molar-refractivity contribution in [2.75, 3.05) is 0 Å². The van der Waals surface area contributed by atoms with Crippen LogP contribution in [0.25, 0.3) is 10.9 Å². The number of non-ortho nitro benzene ring substituents is 1. The molecular weight excluding hydrogens is 332 g/mol. The maximum absolute atomic E-state index is 12.1. The Kier molecular flexibility index (Phi) is 4.00. The zero-order chi connectivity index (χ0) is 17.2. The number of nitro benzene ring substituents is 1. The summed E-state index contributed by atoms with van der Waals surface area (Å²) in [5.41, 5.74) is 1.46. The molecule has 0 saturated carbocycles. The third-order valence-electron chi connectivity index (χ3n) is 3.36. The Labute approximate surface area is 137 Å². The van der Waals surface area contributed by atoms with Gasteiger partial charge in [-0.05, 0) is 18.2 Å². The minimum Gasteiger partial charge on any atom is -0.361 e. The van der Waals surface area contributed by atoms with Gasteiger partial charge in [0, 0.05) is 34.8 Å². The number of H-pyrrole nitrogens is 1. The number of rotatable bonds is 5. The van der Waals surface area contributed by atoms with Gasteiger partial charge < -0.3 is 4.98 Å². The van der Waals surface area contributed by atoms with Crippen LogP contribution < -0.4 is 4.83 Å². The topological polar surface area (TPSA) is 117 Å². The van der Waals surface area contributed by atoms with Gasteiger partial charge >= 0.3 is 0 Å². The number of hydrazone groups is 1. The lowest BCUT2D eigenvalue weighted by Gasteiger charge is -2.02.